The number of rotatable bonds is 2. The van der Waals surface area contributed by atoms with E-state index >= 15 is 0 Å². The third-order valence-corrected chi connectivity index (χ3v) is 4.00. The summed E-state index contributed by atoms with van der Waals surface area (Å²) in [6.07, 6.45) is 2.97. The summed E-state index contributed by atoms with van der Waals surface area (Å²) >= 11 is 5.99. The maximum Gasteiger partial charge on any atom is 0.129 e. The van der Waals surface area contributed by atoms with E-state index in [4.69, 9.17) is 11.6 Å². The second kappa shape index (κ2) is 5.32. The van der Waals surface area contributed by atoms with Crippen molar-refractivity contribution in [2.75, 3.05) is 0 Å². The van der Waals surface area contributed by atoms with Crippen molar-refractivity contribution in [2.24, 2.45) is 0 Å². The number of pyridine rings is 1. The number of hydrogen-bond donors (Lipinski definition) is 0. The lowest BCUT2D eigenvalue weighted by atomic mass is 9.96. The van der Waals surface area contributed by atoms with Gasteiger partial charge in [-0.3, -0.25) is 4.90 Å². The predicted molar refractivity (Wildman–Crippen MR) is 78.1 cm³/mol. The molecule has 2 aromatic rings. The SMILES string of the molecule is C[C@H]1Cc2cnc(Cl)cc2CN1Cc1ccccc1. The summed E-state index contributed by atoms with van der Waals surface area (Å²) in [5.74, 6) is 0. The van der Waals surface area contributed by atoms with Gasteiger partial charge in [-0.2, -0.15) is 0 Å². The summed E-state index contributed by atoms with van der Waals surface area (Å²) in [6.45, 7) is 4.22. The average molecular weight is 273 g/mol. The summed E-state index contributed by atoms with van der Waals surface area (Å²) in [5, 5.41) is 0.591. The maximum absolute atomic E-state index is 5.99. The third kappa shape index (κ3) is 2.80. The van der Waals surface area contributed by atoms with Crippen LogP contribution in [0.5, 0.6) is 0 Å². The fourth-order valence-electron chi connectivity index (χ4n) is 2.68. The van der Waals surface area contributed by atoms with Crippen LogP contribution in [-0.2, 0) is 19.5 Å². The van der Waals surface area contributed by atoms with Gasteiger partial charge in [0.05, 0.1) is 0 Å². The minimum absolute atomic E-state index is 0.538. The van der Waals surface area contributed by atoms with Crippen molar-refractivity contribution in [1.82, 2.24) is 9.88 Å². The molecule has 0 fully saturated rings. The Kier molecular flexibility index (Phi) is 3.54. The van der Waals surface area contributed by atoms with Crippen molar-refractivity contribution in [3.63, 3.8) is 0 Å². The molecule has 2 nitrogen and oxygen atoms in total. The molecule has 1 aliphatic rings. The maximum atomic E-state index is 5.99. The van der Waals surface area contributed by atoms with E-state index in [1.54, 1.807) is 0 Å². The van der Waals surface area contributed by atoms with Gasteiger partial charge in [-0.25, -0.2) is 4.98 Å². The van der Waals surface area contributed by atoms with Crippen LogP contribution >= 0.6 is 11.6 Å². The van der Waals surface area contributed by atoms with Gasteiger partial charge < -0.3 is 0 Å². The number of hydrogen-bond acceptors (Lipinski definition) is 2. The Morgan fingerprint density at radius 2 is 2.05 bits per heavy atom. The number of nitrogens with zero attached hydrogens (tertiary/aromatic N) is 2. The minimum atomic E-state index is 0.538. The zero-order valence-electron chi connectivity index (χ0n) is 11.0. The van der Waals surface area contributed by atoms with Crippen LogP contribution in [0.15, 0.2) is 42.6 Å². The Balaban J connectivity index is 1.81. The highest BCUT2D eigenvalue weighted by molar-refractivity contribution is 6.29. The van der Waals surface area contributed by atoms with E-state index in [2.05, 4.69) is 47.1 Å². The topological polar surface area (TPSA) is 16.1 Å². The molecule has 98 valence electrons. The number of benzene rings is 1. The Morgan fingerprint density at radius 3 is 2.84 bits per heavy atom. The molecule has 0 saturated heterocycles. The van der Waals surface area contributed by atoms with Gasteiger partial charge in [0.15, 0.2) is 0 Å². The van der Waals surface area contributed by atoms with Gasteiger partial charge in [0.25, 0.3) is 0 Å². The molecule has 0 N–H and O–H groups in total. The monoisotopic (exact) mass is 272 g/mol. The fourth-order valence-corrected chi connectivity index (χ4v) is 2.86. The van der Waals surface area contributed by atoms with Crippen molar-refractivity contribution < 1.29 is 0 Å². The van der Waals surface area contributed by atoms with E-state index in [1.165, 1.54) is 16.7 Å². The van der Waals surface area contributed by atoms with Gasteiger partial charge in [-0.05, 0) is 36.1 Å². The molecule has 0 unspecified atom stereocenters. The summed E-state index contributed by atoms with van der Waals surface area (Å²) in [5.41, 5.74) is 4.01. The highest BCUT2D eigenvalue weighted by atomic mass is 35.5. The van der Waals surface area contributed by atoms with Crippen molar-refractivity contribution in [1.29, 1.82) is 0 Å². The van der Waals surface area contributed by atoms with Crippen molar-refractivity contribution >= 4 is 11.6 Å². The Labute approximate surface area is 119 Å². The smallest absolute Gasteiger partial charge is 0.129 e. The number of halogens is 1. The van der Waals surface area contributed by atoms with Gasteiger partial charge in [0.1, 0.15) is 5.15 Å². The standard InChI is InChI=1S/C16H17ClN2/c1-12-7-14-9-18-16(17)8-15(14)11-19(12)10-13-5-3-2-4-6-13/h2-6,8-9,12H,7,10-11H2,1H3/t12-/m0/s1. The molecule has 0 amide bonds. The molecular formula is C16H17ClN2. The Morgan fingerprint density at radius 1 is 1.26 bits per heavy atom. The lowest BCUT2D eigenvalue weighted by molar-refractivity contribution is 0.175. The second-order valence-corrected chi connectivity index (χ2v) is 5.61. The molecule has 0 bridgehead atoms. The van der Waals surface area contributed by atoms with Crippen LogP contribution in [0.1, 0.15) is 23.6 Å². The van der Waals surface area contributed by atoms with E-state index in [1.807, 2.05) is 12.3 Å². The van der Waals surface area contributed by atoms with Gasteiger partial charge in [-0.1, -0.05) is 41.9 Å². The van der Waals surface area contributed by atoms with Crippen LogP contribution in [0.4, 0.5) is 0 Å². The van der Waals surface area contributed by atoms with E-state index < -0.39 is 0 Å². The Bertz CT molecular complexity index is 568. The van der Waals surface area contributed by atoms with Gasteiger partial charge in [-0.15, -0.1) is 0 Å². The Hall–Kier alpha value is -1.38. The fraction of sp³-hybridized carbons (Fsp3) is 0.312. The van der Waals surface area contributed by atoms with E-state index in [-0.39, 0.29) is 0 Å². The molecule has 3 rings (SSSR count). The quantitative estimate of drug-likeness (QED) is 0.776. The first kappa shape index (κ1) is 12.6. The molecule has 19 heavy (non-hydrogen) atoms. The molecule has 1 aromatic heterocycles. The molecule has 3 heteroatoms. The average Bonchev–Trinajstić information content (AvgIpc) is 2.41. The predicted octanol–water partition coefficient (Wildman–Crippen LogP) is 3.68. The number of aromatic nitrogens is 1. The van der Waals surface area contributed by atoms with Crippen LogP contribution < -0.4 is 0 Å². The van der Waals surface area contributed by atoms with Crippen LogP contribution in [-0.4, -0.2) is 15.9 Å². The molecule has 1 aromatic carbocycles. The molecule has 1 aliphatic heterocycles. The second-order valence-electron chi connectivity index (χ2n) is 5.22. The molecule has 1 atom stereocenters. The van der Waals surface area contributed by atoms with Crippen LogP contribution in [0.25, 0.3) is 0 Å². The van der Waals surface area contributed by atoms with E-state index in [0.29, 0.717) is 11.2 Å². The highest BCUT2D eigenvalue weighted by Gasteiger charge is 2.23. The van der Waals surface area contributed by atoms with Gasteiger partial charge in [0, 0.05) is 25.3 Å². The van der Waals surface area contributed by atoms with Crippen LogP contribution in [0, 0.1) is 0 Å². The first-order chi connectivity index (χ1) is 9.22. The molecule has 0 aliphatic carbocycles. The van der Waals surface area contributed by atoms with E-state index in [9.17, 15) is 0 Å². The summed E-state index contributed by atoms with van der Waals surface area (Å²) in [4.78, 5) is 6.68. The molecule has 0 spiro atoms. The first-order valence-electron chi connectivity index (χ1n) is 6.63. The summed E-state index contributed by atoms with van der Waals surface area (Å²) in [7, 11) is 0. The molecule has 2 heterocycles. The van der Waals surface area contributed by atoms with E-state index in [0.717, 1.165) is 19.5 Å². The zero-order valence-corrected chi connectivity index (χ0v) is 11.8. The van der Waals surface area contributed by atoms with Crippen LogP contribution in [0.2, 0.25) is 5.15 Å². The van der Waals surface area contributed by atoms with Crippen molar-refractivity contribution in [3.8, 4) is 0 Å². The molecule has 0 radical (unpaired) electrons. The summed E-state index contributed by atoms with van der Waals surface area (Å²) < 4.78 is 0. The van der Waals surface area contributed by atoms with Gasteiger partial charge in [0.2, 0.25) is 0 Å². The third-order valence-electron chi connectivity index (χ3n) is 3.79. The zero-order chi connectivity index (χ0) is 13.2. The minimum Gasteiger partial charge on any atom is -0.292 e. The lowest BCUT2D eigenvalue weighted by Gasteiger charge is -2.34. The van der Waals surface area contributed by atoms with Crippen molar-refractivity contribution in [3.05, 3.63) is 64.4 Å². The lowest BCUT2D eigenvalue weighted by Crippen LogP contribution is -2.37. The largest absolute Gasteiger partial charge is 0.292 e. The first-order valence-corrected chi connectivity index (χ1v) is 7.01. The number of fused-ring (bicyclic) bond motifs is 1. The molecule has 0 saturated carbocycles. The van der Waals surface area contributed by atoms with Gasteiger partial charge >= 0.3 is 0 Å². The van der Waals surface area contributed by atoms with Crippen LogP contribution in [0.3, 0.4) is 0 Å². The molecular weight excluding hydrogens is 256 g/mol. The normalized spacial score (nSPS) is 19.2. The van der Waals surface area contributed by atoms with Crippen molar-refractivity contribution in [2.45, 2.75) is 32.5 Å². The summed E-state index contributed by atoms with van der Waals surface area (Å²) in [6, 6.07) is 13.2. The highest BCUT2D eigenvalue weighted by Crippen LogP contribution is 2.25.